The molecule has 2 aromatic carbocycles. The van der Waals surface area contributed by atoms with Crippen LogP contribution in [0, 0.1) is 0 Å². The fourth-order valence-electron chi connectivity index (χ4n) is 1.95. The van der Waals surface area contributed by atoms with Gasteiger partial charge in [-0.05, 0) is 35.9 Å². The number of ether oxygens (including phenoxy) is 2. The van der Waals surface area contributed by atoms with E-state index in [1.807, 2.05) is 42.5 Å². The molecule has 4 nitrogen and oxygen atoms in total. The molecule has 0 atom stereocenters. The van der Waals surface area contributed by atoms with Crippen molar-refractivity contribution in [2.45, 2.75) is 0 Å². The van der Waals surface area contributed by atoms with E-state index in [1.54, 1.807) is 19.3 Å². The van der Waals surface area contributed by atoms with Crippen LogP contribution in [0.4, 0.5) is 5.69 Å². The second-order valence-electron chi connectivity index (χ2n) is 4.33. The predicted octanol–water partition coefficient (Wildman–Crippen LogP) is 3.07. The Bertz CT molecular complexity index is 674. The maximum Gasteiger partial charge on any atom is 0.291 e. The van der Waals surface area contributed by atoms with Crippen LogP contribution in [0.5, 0.6) is 11.5 Å². The van der Waals surface area contributed by atoms with Gasteiger partial charge in [0.05, 0.1) is 12.8 Å². The SMILES string of the molecule is COc1ccc(C=C2Oc3ccccc3NC2=O)cc1. The summed E-state index contributed by atoms with van der Waals surface area (Å²) in [6.45, 7) is 0. The van der Waals surface area contributed by atoms with Crippen LogP contribution in [0.25, 0.3) is 6.08 Å². The Labute approximate surface area is 116 Å². The third kappa shape index (κ3) is 2.36. The summed E-state index contributed by atoms with van der Waals surface area (Å²) >= 11 is 0. The monoisotopic (exact) mass is 267 g/mol. The van der Waals surface area contributed by atoms with Crippen molar-refractivity contribution in [1.29, 1.82) is 0 Å². The lowest BCUT2D eigenvalue weighted by Crippen LogP contribution is -2.23. The summed E-state index contributed by atoms with van der Waals surface area (Å²) in [7, 11) is 1.61. The van der Waals surface area contributed by atoms with Crippen LogP contribution in [-0.4, -0.2) is 13.0 Å². The van der Waals surface area contributed by atoms with Crippen molar-refractivity contribution in [1.82, 2.24) is 0 Å². The summed E-state index contributed by atoms with van der Waals surface area (Å²) in [5, 5.41) is 2.80. The van der Waals surface area contributed by atoms with Gasteiger partial charge in [0.1, 0.15) is 5.75 Å². The lowest BCUT2D eigenvalue weighted by molar-refractivity contribution is -0.115. The Hall–Kier alpha value is -2.75. The summed E-state index contributed by atoms with van der Waals surface area (Å²) in [4.78, 5) is 12.0. The number of methoxy groups -OCH3 is 1. The van der Waals surface area contributed by atoms with Crippen LogP contribution in [0.15, 0.2) is 54.3 Å². The molecule has 0 aliphatic carbocycles. The molecule has 0 aromatic heterocycles. The summed E-state index contributed by atoms with van der Waals surface area (Å²) < 4.78 is 10.7. The summed E-state index contributed by atoms with van der Waals surface area (Å²) in [5.41, 5.74) is 1.56. The molecule has 0 radical (unpaired) electrons. The number of hydrogen-bond donors (Lipinski definition) is 1. The minimum Gasteiger partial charge on any atom is -0.497 e. The van der Waals surface area contributed by atoms with Crippen molar-refractivity contribution in [2.75, 3.05) is 12.4 Å². The average Bonchev–Trinajstić information content (AvgIpc) is 2.49. The molecule has 3 rings (SSSR count). The smallest absolute Gasteiger partial charge is 0.291 e. The molecule has 1 aliphatic rings. The standard InChI is InChI=1S/C16H13NO3/c1-19-12-8-6-11(7-9-12)10-15-16(18)17-13-4-2-3-5-14(13)20-15/h2-10H,1H3,(H,17,18). The number of fused-ring (bicyclic) bond motifs is 1. The Kier molecular flexibility index (Phi) is 3.13. The average molecular weight is 267 g/mol. The summed E-state index contributed by atoms with van der Waals surface area (Å²) in [6.07, 6.45) is 1.70. The molecule has 1 amide bonds. The largest absolute Gasteiger partial charge is 0.497 e. The highest BCUT2D eigenvalue weighted by molar-refractivity contribution is 6.08. The maximum absolute atomic E-state index is 12.0. The van der Waals surface area contributed by atoms with Crippen molar-refractivity contribution < 1.29 is 14.3 Å². The number of hydrogen-bond acceptors (Lipinski definition) is 3. The van der Waals surface area contributed by atoms with E-state index in [0.29, 0.717) is 11.4 Å². The molecule has 0 saturated heterocycles. The topological polar surface area (TPSA) is 47.6 Å². The first-order valence-electron chi connectivity index (χ1n) is 6.20. The number of carbonyl (C=O) groups is 1. The zero-order chi connectivity index (χ0) is 13.9. The molecule has 0 saturated carbocycles. The summed E-state index contributed by atoms with van der Waals surface area (Å²) in [5.74, 6) is 1.44. The number of carbonyl (C=O) groups excluding carboxylic acids is 1. The minimum absolute atomic E-state index is 0.250. The molecular weight excluding hydrogens is 254 g/mol. The van der Waals surface area contributed by atoms with E-state index < -0.39 is 0 Å². The normalized spacial score (nSPS) is 15.2. The van der Waals surface area contributed by atoms with E-state index in [-0.39, 0.29) is 11.7 Å². The molecule has 0 unspecified atom stereocenters. The molecule has 2 aromatic rings. The molecule has 100 valence electrons. The van der Waals surface area contributed by atoms with E-state index in [2.05, 4.69) is 5.32 Å². The van der Waals surface area contributed by atoms with Crippen LogP contribution >= 0.6 is 0 Å². The molecule has 0 spiro atoms. The third-order valence-corrected chi connectivity index (χ3v) is 2.99. The van der Waals surface area contributed by atoms with Gasteiger partial charge in [0.15, 0.2) is 11.5 Å². The van der Waals surface area contributed by atoms with Gasteiger partial charge in [0.2, 0.25) is 0 Å². The summed E-state index contributed by atoms with van der Waals surface area (Å²) in [6, 6.07) is 14.7. The molecule has 1 heterocycles. The second kappa shape index (κ2) is 5.09. The lowest BCUT2D eigenvalue weighted by Gasteiger charge is -2.19. The maximum atomic E-state index is 12.0. The van der Waals surface area contributed by atoms with Gasteiger partial charge in [-0.3, -0.25) is 4.79 Å². The highest BCUT2D eigenvalue weighted by Crippen LogP contribution is 2.30. The van der Waals surface area contributed by atoms with Crippen molar-refractivity contribution >= 4 is 17.7 Å². The van der Waals surface area contributed by atoms with Gasteiger partial charge in [-0.2, -0.15) is 0 Å². The van der Waals surface area contributed by atoms with E-state index >= 15 is 0 Å². The van der Waals surface area contributed by atoms with E-state index in [1.165, 1.54) is 0 Å². The van der Waals surface area contributed by atoms with Crippen molar-refractivity contribution in [3.8, 4) is 11.5 Å². The Morgan fingerprint density at radius 1 is 1.10 bits per heavy atom. The third-order valence-electron chi connectivity index (χ3n) is 2.99. The molecular formula is C16H13NO3. The van der Waals surface area contributed by atoms with Gasteiger partial charge in [-0.25, -0.2) is 0 Å². The lowest BCUT2D eigenvalue weighted by atomic mass is 10.1. The quantitative estimate of drug-likeness (QED) is 0.851. The Balaban J connectivity index is 1.90. The van der Waals surface area contributed by atoms with E-state index in [0.717, 1.165) is 11.3 Å². The Morgan fingerprint density at radius 2 is 1.85 bits per heavy atom. The van der Waals surface area contributed by atoms with Crippen molar-refractivity contribution in [3.05, 3.63) is 59.9 Å². The number of amides is 1. The van der Waals surface area contributed by atoms with Gasteiger partial charge < -0.3 is 14.8 Å². The number of rotatable bonds is 2. The zero-order valence-electron chi connectivity index (χ0n) is 10.9. The Morgan fingerprint density at radius 3 is 2.60 bits per heavy atom. The van der Waals surface area contributed by atoms with Crippen LogP contribution in [0.3, 0.4) is 0 Å². The predicted molar refractivity (Wildman–Crippen MR) is 76.7 cm³/mol. The second-order valence-corrected chi connectivity index (χ2v) is 4.33. The number of nitrogens with one attached hydrogen (secondary N) is 1. The van der Waals surface area contributed by atoms with Gasteiger partial charge in [-0.1, -0.05) is 24.3 Å². The van der Waals surface area contributed by atoms with Crippen LogP contribution in [-0.2, 0) is 4.79 Å². The number of anilines is 1. The number of benzene rings is 2. The molecule has 0 fully saturated rings. The fraction of sp³-hybridized carbons (Fsp3) is 0.0625. The molecule has 4 heteroatoms. The first-order valence-corrected chi connectivity index (χ1v) is 6.20. The van der Waals surface area contributed by atoms with Gasteiger partial charge in [-0.15, -0.1) is 0 Å². The number of para-hydroxylation sites is 2. The molecule has 0 bridgehead atoms. The van der Waals surface area contributed by atoms with Crippen molar-refractivity contribution in [2.24, 2.45) is 0 Å². The highest BCUT2D eigenvalue weighted by Gasteiger charge is 2.21. The van der Waals surface area contributed by atoms with Crippen LogP contribution < -0.4 is 14.8 Å². The van der Waals surface area contributed by atoms with Gasteiger partial charge in [0.25, 0.3) is 5.91 Å². The highest BCUT2D eigenvalue weighted by atomic mass is 16.5. The van der Waals surface area contributed by atoms with Gasteiger partial charge in [0, 0.05) is 0 Å². The first-order chi connectivity index (χ1) is 9.76. The first kappa shape index (κ1) is 12.3. The van der Waals surface area contributed by atoms with Crippen LogP contribution in [0.1, 0.15) is 5.56 Å². The van der Waals surface area contributed by atoms with Crippen LogP contribution in [0.2, 0.25) is 0 Å². The molecule has 1 N–H and O–H groups in total. The van der Waals surface area contributed by atoms with E-state index in [4.69, 9.17) is 9.47 Å². The fourth-order valence-corrected chi connectivity index (χ4v) is 1.95. The molecule has 20 heavy (non-hydrogen) atoms. The minimum atomic E-state index is -0.250. The zero-order valence-corrected chi connectivity index (χ0v) is 10.9. The van der Waals surface area contributed by atoms with Crippen molar-refractivity contribution in [3.63, 3.8) is 0 Å². The van der Waals surface area contributed by atoms with E-state index in [9.17, 15) is 4.79 Å². The molecule has 1 aliphatic heterocycles. The van der Waals surface area contributed by atoms with Gasteiger partial charge >= 0.3 is 0 Å².